The lowest BCUT2D eigenvalue weighted by Crippen LogP contribution is -2.18. The van der Waals surface area contributed by atoms with E-state index in [4.69, 9.17) is 17.3 Å². The van der Waals surface area contributed by atoms with Crippen LogP contribution in [-0.4, -0.2) is 21.4 Å². The predicted molar refractivity (Wildman–Crippen MR) is 53.8 cm³/mol. The summed E-state index contributed by atoms with van der Waals surface area (Å²) in [6, 6.07) is 0.766. The molecule has 0 aliphatic carbocycles. The number of phenols is 3. The van der Waals surface area contributed by atoms with Gasteiger partial charge < -0.3 is 21.1 Å². The molecule has 1 unspecified atom stereocenters. The molecule has 5 heteroatoms. The third-order valence-electron chi connectivity index (χ3n) is 1.82. The number of halogens is 1. The molecule has 0 aliphatic rings. The Morgan fingerprint density at radius 3 is 2.43 bits per heavy atom. The normalized spacial score (nSPS) is 12.8. The van der Waals surface area contributed by atoms with Gasteiger partial charge in [0.05, 0.1) is 5.02 Å². The Hall–Kier alpha value is -1.13. The Morgan fingerprint density at radius 1 is 1.36 bits per heavy atom. The van der Waals surface area contributed by atoms with Gasteiger partial charge in [-0.05, 0) is 13.3 Å². The van der Waals surface area contributed by atoms with Crippen molar-refractivity contribution in [3.8, 4) is 17.2 Å². The lowest BCUT2D eigenvalue weighted by Gasteiger charge is -2.11. The van der Waals surface area contributed by atoms with Gasteiger partial charge in [-0.3, -0.25) is 0 Å². The third-order valence-corrected chi connectivity index (χ3v) is 2.24. The molecule has 1 aromatic carbocycles. The zero-order chi connectivity index (χ0) is 10.9. The maximum absolute atomic E-state index is 9.45. The quantitative estimate of drug-likeness (QED) is 0.445. The van der Waals surface area contributed by atoms with Gasteiger partial charge in [-0.15, -0.1) is 0 Å². The summed E-state index contributed by atoms with van der Waals surface area (Å²) >= 11 is 5.74. The summed E-state index contributed by atoms with van der Waals surface area (Å²) in [5, 5.41) is 28.0. The molecule has 0 saturated carbocycles. The molecule has 0 bridgehead atoms. The van der Waals surface area contributed by atoms with Crippen LogP contribution < -0.4 is 5.73 Å². The van der Waals surface area contributed by atoms with Crippen molar-refractivity contribution >= 4 is 11.6 Å². The van der Waals surface area contributed by atoms with Gasteiger partial charge in [-0.25, -0.2) is 0 Å². The Bertz CT molecular complexity index is 326. The first-order valence-electron chi connectivity index (χ1n) is 4.11. The zero-order valence-corrected chi connectivity index (χ0v) is 8.41. The summed E-state index contributed by atoms with van der Waals surface area (Å²) in [4.78, 5) is 0. The van der Waals surface area contributed by atoms with Crippen LogP contribution in [-0.2, 0) is 6.42 Å². The molecule has 0 amide bonds. The van der Waals surface area contributed by atoms with E-state index in [-0.39, 0.29) is 34.5 Å². The van der Waals surface area contributed by atoms with E-state index in [0.717, 1.165) is 6.07 Å². The average Bonchev–Trinajstić information content (AvgIpc) is 2.09. The maximum Gasteiger partial charge on any atom is 0.162 e. The molecule has 1 atom stereocenters. The molecule has 14 heavy (non-hydrogen) atoms. The molecule has 4 nitrogen and oxygen atoms in total. The maximum atomic E-state index is 9.45. The van der Waals surface area contributed by atoms with Crippen molar-refractivity contribution in [2.24, 2.45) is 5.73 Å². The van der Waals surface area contributed by atoms with E-state index >= 15 is 0 Å². The van der Waals surface area contributed by atoms with Crippen LogP contribution in [0, 0.1) is 0 Å². The predicted octanol–water partition coefficient (Wildman–Crippen LogP) is 1.35. The van der Waals surface area contributed by atoms with Gasteiger partial charge in [0.1, 0.15) is 5.75 Å². The fourth-order valence-corrected chi connectivity index (χ4v) is 1.40. The summed E-state index contributed by atoms with van der Waals surface area (Å²) < 4.78 is 0. The van der Waals surface area contributed by atoms with Crippen molar-refractivity contribution in [1.82, 2.24) is 0 Å². The minimum absolute atomic E-state index is 0.0256. The van der Waals surface area contributed by atoms with Crippen molar-refractivity contribution in [2.75, 3.05) is 0 Å². The number of hydrogen-bond acceptors (Lipinski definition) is 4. The van der Waals surface area contributed by atoms with Crippen molar-refractivity contribution in [1.29, 1.82) is 0 Å². The molecule has 0 aromatic heterocycles. The number of benzene rings is 1. The highest BCUT2D eigenvalue weighted by Gasteiger charge is 2.16. The van der Waals surface area contributed by atoms with Crippen LogP contribution in [0.4, 0.5) is 0 Å². The highest BCUT2D eigenvalue weighted by atomic mass is 35.5. The van der Waals surface area contributed by atoms with Gasteiger partial charge in [0, 0.05) is 17.7 Å². The van der Waals surface area contributed by atoms with Gasteiger partial charge in [0.25, 0.3) is 0 Å². The number of phenolic OH excluding ortho intramolecular Hbond substituents is 3. The van der Waals surface area contributed by atoms with Gasteiger partial charge in [0.15, 0.2) is 11.5 Å². The van der Waals surface area contributed by atoms with Crippen LogP contribution in [0.3, 0.4) is 0 Å². The highest BCUT2D eigenvalue weighted by Crippen LogP contribution is 2.40. The third kappa shape index (κ3) is 2.02. The Labute approximate surface area is 86.6 Å². The van der Waals surface area contributed by atoms with E-state index in [2.05, 4.69) is 0 Å². The fraction of sp³-hybridized carbons (Fsp3) is 0.333. The van der Waals surface area contributed by atoms with E-state index in [0.29, 0.717) is 0 Å². The van der Waals surface area contributed by atoms with Gasteiger partial charge in [-0.2, -0.15) is 0 Å². The molecule has 0 radical (unpaired) electrons. The van der Waals surface area contributed by atoms with E-state index in [1.54, 1.807) is 6.92 Å². The number of aromatic hydroxyl groups is 3. The summed E-state index contributed by atoms with van der Waals surface area (Å²) in [5.41, 5.74) is 5.79. The topological polar surface area (TPSA) is 86.7 Å². The number of hydrogen-bond donors (Lipinski definition) is 4. The average molecular weight is 218 g/mol. The molecule has 0 fully saturated rings. The van der Waals surface area contributed by atoms with Crippen LogP contribution in [0.15, 0.2) is 6.07 Å². The first-order valence-corrected chi connectivity index (χ1v) is 4.49. The summed E-state index contributed by atoms with van der Waals surface area (Å²) in [5.74, 6) is -0.995. The lowest BCUT2D eigenvalue weighted by atomic mass is 10.1. The van der Waals surface area contributed by atoms with Gasteiger partial charge >= 0.3 is 0 Å². The van der Waals surface area contributed by atoms with Crippen LogP contribution in [0.5, 0.6) is 17.2 Å². The second-order valence-corrected chi connectivity index (χ2v) is 3.62. The molecule has 0 aliphatic heterocycles. The molecule has 1 aromatic rings. The molecular weight excluding hydrogens is 206 g/mol. The largest absolute Gasteiger partial charge is 0.506 e. The first-order chi connectivity index (χ1) is 6.43. The minimum atomic E-state index is -0.400. The minimum Gasteiger partial charge on any atom is -0.506 e. The number of rotatable bonds is 2. The second kappa shape index (κ2) is 3.94. The Balaban J connectivity index is 3.25. The smallest absolute Gasteiger partial charge is 0.162 e. The standard InChI is InChI=1S/C9H12ClNO3/c1-4(11)2-5-8(10)6(12)3-7(13)9(5)14/h3-4,12-14H,2,11H2,1H3. The Kier molecular flexibility index (Phi) is 3.08. The van der Waals surface area contributed by atoms with E-state index < -0.39 is 5.75 Å². The first kappa shape index (κ1) is 10.9. The summed E-state index contributed by atoms with van der Waals surface area (Å²) in [6.07, 6.45) is 0.284. The molecule has 5 N–H and O–H groups in total. The highest BCUT2D eigenvalue weighted by molar-refractivity contribution is 6.33. The van der Waals surface area contributed by atoms with Crippen molar-refractivity contribution < 1.29 is 15.3 Å². The van der Waals surface area contributed by atoms with E-state index in [1.165, 1.54) is 0 Å². The van der Waals surface area contributed by atoms with Gasteiger partial charge in [-0.1, -0.05) is 11.6 Å². The van der Waals surface area contributed by atoms with Crippen molar-refractivity contribution in [3.05, 3.63) is 16.7 Å². The Morgan fingerprint density at radius 2 is 1.93 bits per heavy atom. The SMILES string of the molecule is CC(N)Cc1c(O)c(O)cc(O)c1Cl. The van der Waals surface area contributed by atoms with Crippen LogP contribution in [0.25, 0.3) is 0 Å². The second-order valence-electron chi connectivity index (χ2n) is 3.24. The fourth-order valence-electron chi connectivity index (χ4n) is 1.18. The van der Waals surface area contributed by atoms with E-state index in [1.807, 2.05) is 0 Å². The summed E-state index contributed by atoms with van der Waals surface area (Å²) in [7, 11) is 0. The lowest BCUT2D eigenvalue weighted by molar-refractivity contribution is 0.391. The monoisotopic (exact) mass is 217 g/mol. The molecule has 0 spiro atoms. The number of nitrogens with two attached hydrogens (primary N) is 1. The van der Waals surface area contributed by atoms with E-state index in [9.17, 15) is 15.3 Å². The van der Waals surface area contributed by atoms with Crippen molar-refractivity contribution in [2.45, 2.75) is 19.4 Å². The molecule has 0 saturated heterocycles. The molecule has 0 heterocycles. The van der Waals surface area contributed by atoms with Gasteiger partial charge in [0.2, 0.25) is 0 Å². The van der Waals surface area contributed by atoms with Crippen LogP contribution in [0.1, 0.15) is 12.5 Å². The van der Waals surface area contributed by atoms with Crippen LogP contribution >= 0.6 is 11.6 Å². The molecule has 78 valence electrons. The zero-order valence-electron chi connectivity index (χ0n) is 7.66. The molecule has 1 rings (SSSR count). The van der Waals surface area contributed by atoms with Crippen LogP contribution in [0.2, 0.25) is 5.02 Å². The summed E-state index contributed by atoms with van der Waals surface area (Å²) in [6.45, 7) is 1.73. The van der Waals surface area contributed by atoms with Crippen molar-refractivity contribution in [3.63, 3.8) is 0 Å². The molecular formula is C9H12ClNO3.